The Balaban J connectivity index is 1.56. The summed E-state index contributed by atoms with van der Waals surface area (Å²) in [5.41, 5.74) is 1.06. The minimum atomic E-state index is -0.488. The normalized spacial score (nSPS) is 19.1. The first-order valence-electron chi connectivity index (χ1n) is 8.86. The van der Waals surface area contributed by atoms with Gasteiger partial charge in [-0.3, -0.25) is 14.4 Å². The highest BCUT2D eigenvalue weighted by atomic mass is 35.5. The number of nitrogens with zero attached hydrogens (tertiary/aromatic N) is 3. The van der Waals surface area contributed by atoms with Crippen LogP contribution >= 0.6 is 11.6 Å². The molecular formula is C19H20ClN3O4. The average Bonchev–Trinajstić information content (AvgIpc) is 3.15. The maximum absolute atomic E-state index is 13.2. The van der Waals surface area contributed by atoms with Crippen LogP contribution in [0.2, 0.25) is 5.02 Å². The third kappa shape index (κ3) is 3.11. The second kappa shape index (κ2) is 6.65. The summed E-state index contributed by atoms with van der Waals surface area (Å²) in [5.74, 6) is 0.295. The van der Waals surface area contributed by atoms with Gasteiger partial charge in [0.1, 0.15) is 22.6 Å². The van der Waals surface area contributed by atoms with Crippen molar-refractivity contribution in [2.75, 3.05) is 20.1 Å². The summed E-state index contributed by atoms with van der Waals surface area (Å²) in [4.78, 5) is 32.5. The molecule has 2 aromatic rings. The van der Waals surface area contributed by atoms with E-state index in [1.165, 1.54) is 5.06 Å². The topological polar surface area (TPSA) is 75.9 Å². The molecular weight excluding hydrogens is 370 g/mol. The zero-order chi connectivity index (χ0) is 19.2. The van der Waals surface area contributed by atoms with E-state index in [1.54, 1.807) is 24.9 Å². The number of likely N-dealkylation sites (tertiary alicyclic amines) is 1. The van der Waals surface area contributed by atoms with Crippen molar-refractivity contribution in [3.05, 3.63) is 40.6 Å². The number of carbonyl (C=O) groups excluding carboxylic acids is 2. The number of piperidine rings is 1. The van der Waals surface area contributed by atoms with Crippen molar-refractivity contribution in [1.29, 1.82) is 0 Å². The molecule has 2 aliphatic rings. The third-order valence-electron chi connectivity index (χ3n) is 5.32. The minimum absolute atomic E-state index is 0.0225. The maximum Gasteiger partial charge on any atom is 0.259 e. The monoisotopic (exact) mass is 389 g/mol. The van der Waals surface area contributed by atoms with Gasteiger partial charge in [0, 0.05) is 25.7 Å². The summed E-state index contributed by atoms with van der Waals surface area (Å²) >= 11 is 6.28. The Bertz CT molecular complexity index is 902. The Morgan fingerprint density at radius 3 is 2.59 bits per heavy atom. The molecule has 1 aromatic heterocycles. The summed E-state index contributed by atoms with van der Waals surface area (Å²) in [6.07, 6.45) is 1.59. The molecule has 0 bridgehead atoms. The number of carbonyl (C=O) groups is 2. The molecule has 27 heavy (non-hydrogen) atoms. The van der Waals surface area contributed by atoms with E-state index < -0.39 is 5.60 Å². The van der Waals surface area contributed by atoms with E-state index in [4.69, 9.17) is 21.0 Å². The molecule has 0 atom stereocenters. The molecule has 0 N–H and O–H groups in total. The van der Waals surface area contributed by atoms with Crippen LogP contribution in [0.4, 0.5) is 0 Å². The molecule has 2 aliphatic heterocycles. The summed E-state index contributed by atoms with van der Waals surface area (Å²) in [7, 11) is 1.63. The van der Waals surface area contributed by atoms with Gasteiger partial charge in [0.05, 0.1) is 11.4 Å². The first-order chi connectivity index (χ1) is 12.9. The molecule has 142 valence electrons. The van der Waals surface area contributed by atoms with Gasteiger partial charge in [0.15, 0.2) is 0 Å². The van der Waals surface area contributed by atoms with Crippen LogP contribution in [-0.4, -0.2) is 52.7 Å². The predicted molar refractivity (Wildman–Crippen MR) is 98.0 cm³/mol. The number of amides is 2. The van der Waals surface area contributed by atoms with Gasteiger partial charge in [-0.2, -0.15) is 0 Å². The van der Waals surface area contributed by atoms with Gasteiger partial charge in [0.2, 0.25) is 5.91 Å². The van der Waals surface area contributed by atoms with Gasteiger partial charge < -0.3 is 9.42 Å². The largest absolute Gasteiger partial charge is 0.360 e. The van der Waals surface area contributed by atoms with Crippen LogP contribution in [0.5, 0.6) is 0 Å². The van der Waals surface area contributed by atoms with Crippen LogP contribution in [0.25, 0.3) is 11.3 Å². The number of hydrogen-bond donors (Lipinski definition) is 0. The smallest absolute Gasteiger partial charge is 0.259 e. The SMILES string of the molecule is Cc1onc(-c2ccccc2Cl)c1C(=O)N1CCC2(CC1)CC(=O)N(C)O2. The van der Waals surface area contributed by atoms with Crippen molar-refractivity contribution in [3.8, 4) is 11.3 Å². The number of halogens is 1. The van der Waals surface area contributed by atoms with Gasteiger partial charge in [-0.15, -0.1) is 0 Å². The van der Waals surface area contributed by atoms with Gasteiger partial charge in [-0.25, -0.2) is 5.06 Å². The lowest BCUT2D eigenvalue weighted by Crippen LogP contribution is -2.47. The van der Waals surface area contributed by atoms with Gasteiger partial charge in [-0.05, 0) is 25.8 Å². The molecule has 0 saturated carbocycles. The Morgan fingerprint density at radius 1 is 1.26 bits per heavy atom. The lowest BCUT2D eigenvalue weighted by molar-refractivity contribution is -0.197. The Labute approximate surface area is 161 Å². The van der Waals surface area contributed by atoms with E-state index in [9.17, 15) is 9.59 Å². The summed E-state index contributed by atoms with van der Waals surface area (Å²) in [6, 6.07) is 7.24. The fourth-order valence-electron chi connectivity index (χ4n) is 3.77. The Morgan fingerprint density at radius 2 is 1.96 bits per heavy atom. The van der Waals surface area contributed by atoms with Crippen LogP contribution in [-0.2, 0) is 9.63 Å². The number of rotatable bonds is 2. The maximum atomic E-state index is 13.2. The first-order valence-corrected chi connectivity index (χ1v) is 9.24. The predicted octanol–water partition coefficient (Wildman–Crippen LogP) is 3.07. The van der Waals surface area contributed by atoms with Crippen molar-refractivity contribution in [2.45, 2.75) is 31.8 Å². The summed E-state index contributed by atoms with van der Waals surface area (Å²) < 4.78 is 5.31. The molecule has 1 spiro atoms. The molecule has 2 amide bonds. The van der Waals surface area contributed by atoms with Crippen LogP contribution in [0, 0.1) is 6.92 Å². The average molecular weight is 390 g/mol. The van der Waals surface area contributed by atoms with E-state index in [-0.39, 0.29) is 11.8 Å². The highest BCUT2D eigenvalue weighted by molar-refractivity contribution is 6.33. The van der Waals surface area contributed by atoms with Crippen LogP contribution in [0.3, 0.4) is 0 Å². The van der Waals surface area contributed by atoms with Crippen molar-refractivity contribution in [3.63, 3.8) is 0 Å². The van der Waals surface area contributed by atoms with E-state index in [0.29, 0.717) is 60.0 Å². The molecule has 4 rings (SSSR count). The molecule has 2 fully saturated rings. The molecule has 0 radical (unpaired) electrons. The summed E-state index contributed by atoms with van der Waals surface area (Å²) in [6.45, 7) is 2.73. The molecule has 1 aromatic carbocycles. The van der Waals surface area contributed by atoms with Crippen molar-refractivity contribution >= 4 is 23.4 Å². The van der Waals surface area contributed by atoms with Gasteiger partial charge >= 0.3 is 0 Å². The molecule has 8 heteroatoms. The van der Waals surface area contributed by atoms with E-state index >= 15 is 0 Å². The van der Waals surface area contributed by atoms with E-state index in [0.717, 1.165) is 0 Å². The summed E-state index contributed by atoms with van der Waals surface area (Å²) in [5, 5.41) is 5.89. The molecule has 2 saturated heterocycles. The van der Waals surface area contributed by atoms with E-state index in [1.807, 2.05) is 18.2 Å². The standard InChI is InChI=1S/C19H20ClN3O4/c1-12-16(17(21-26-12)13-5-3-4-6-14(13)20)18(25)23-9-7-19(8-10-23)11-15(24)22(2)27-19/h3-6H,7-11H2,1-2H3. The fraction of sp³-hybridized carbons (Fsp3) is 0.421. The highest BCUT2D eigenvalue weighted by Crippen LogP contribution is 2.37. The Kier molecular flexibility index (Phi) is 4.44. The zero-order valence-corrected chi connectivity index (χ0v) is 16.0. The molecule has 7 nitrogen and oxygen atoms in total. The fourth-order valence-corrected chi connectivity index (χ4v) is 3.99. The van der Waals surface area contributed by atoms with Crippen LogP contribution in [0.15, 0.2) is 28.8 Å². The van der Waals surface area contributed by atoms with E-state index in [2.05, 4.69) is 5.16 Å². The van der Waals surface area contributed by atoms with Gasteiger partial charge in [-0.1, -0.05) is 35.0 Å². The number of hydroxylamine groups is 2. The molecule has 0 unspecified atom stereocenters. The van der Waals surface area contributed by atoms with Crippen molar-refractivity contribution in [1.82, 2.24) is 15.1 Å². The first kappa shape index (κ1) is 18.0. The lowest BCUT2D eigenvalue weighted by Gasteiger charge is -2.37. The van der Waals surface area contributed by atoms with Crippen molar-refractivity contribution < 1.29 is 18.9 Å². The Hall–Kier alpha value is -2.38. The minimum Gasteiger partial charge on any atom is -0.360 e. The van der Waals surface area contributed by atoms with Gasteiger partial charge in [0.25, 0.3) is 5.91 Å². The number of hydrogen-bond acceptors (Lipinski definition) is 5. The number of benzene rings is 1. The quantitative estimate of drug-likeness (QED) is 0.789. The number of aromatic nitrogens is 1. The second-order valence-corrected chi connectivity index (χ2v) is 7.48. The van der Waals surface area contributed by atoms with Crippen LogP contribution in [0.1, 0.15) is 35.4 Å². The zero-order valence-electron chi connectivity index (χ0n) is 15.2. The molecule has 0 aliphatic carbocycles. The second-order valence-electron chi connectivity index (χ2n) is 7.08. The van der Waals surface area contributed by atoms with Crippen molar-refractivity contribution in [2.24, 2.45) is 0 Å². The highest BCUT2D eigenvalue weighted by Gasteiger charge is 2.46. The third-order valence-corrected chi connectivity index (χ3v) is 5.65. The number of aryl methyl sites for hydroxylation is 1. The molecule has 3 heterocycles. The lowest BCUT2D eigenvalue weighted by atomic mass is 9.88. The van der Waals surface area contributed by atoms with Crippen LogP contribution < -0.4 is 0 Å².